The summed E-state index contributed by atoms with van der Waals surface area (Å²) in [6.45, 7) is 3.58. The molecule has 0 aromatic heterocycles. The van der Waals surface area contributed by atoms with Gasteiger partial charge in [0.05, 0.1) is 6.54 Å². The molecular formula is C10H20F2N2O. The maximum Gasteiger partial charge on any atom is 0.255 e. The summed E-state index contributed by atoms with van der Waals surface area (Å²) in [5, 5.41) is 0. The number of hydrogen-bond donors (Lipinski definition) is 1. The van der Waals surface area contributed by atoms with Gasteiger partial charge in [-0.3, -0.25) is 4.79 Å². The lowest BCUT2D eigenvalue weighted by atomic mass is 10.2. The molecule has 1 atom stereocenters. The molecule has 1 amide bonds. The fourth-order valence-electron chi connectivity index (χ4n) is 1.26. The molecule has 0 saturated heterocycles. The van der Waals surface area contributed by atoms with Crippen molar-refractivity contribution in [1.82, 2.24) is 4.90 Å². The van der Waals surface area contributed by atoms with E-state index in [9.17, 15) is 13.6 Å². The first kappa shape index (κ1) is 14.3. The lowest BCUT2D eigenvalue weighted by molar-refractivity contribution is -0.133. The Balaban J connectivity index is 4.04. The summed E-state index contributed by atoms with van der Waals surface area (Å²) in [7, 11) is 0. The van der Waals surface area contributed by atoms with Gasteiger partial charge in [-0.05, 0) is 19.8 Å². The van der Waals surface area contributed by atoms with Crippen LogP contribution in [0.1, 0.15) is 33.1 Å². The number of carbonyl (C=O) groups is 1. The van der Waals surface area contributed by atoms with Crippen LogP contribution in [-0.4, -0.2) is 36.4 Å². The van der Waals surface area contributed by atoms with Gasteiger partial charge in [-0.1, -0.05) is 6.92 Å². The van der Waals surface area contributed by atoms with Crippen molar-refractivity contribution in [1.29, 1.82) is 0 Å². The van der Waals surface area contributed by atoms with E-state index in [2.05, 4.69) is 0 Å². The minimum absolute atomic E-state index is 0.0658. The predicted molar refractivity (Wildman–Crippen MR) is 55.8 cm³/mol. The fourth-order valence-corrected chi connectivity index (χ4v) is 1.26. The minimum Gasteiger partial charge on any atom is -0.337 e. The van der Waals surface area contributed by atoms with Crippen molar-refractivity contribution in [2.24, 2.45) is 5.73 Å². The molecule has 0 aromatic rings. The largest absolute Gasteiger partial charge is 0.337 e. The number of carbonyl (C=O) groups excluding carboxylic acids is 1. The topological polar surface area (TPSA) is 46.3 Å². The van der Waals surface area contributed by atoms with Crippen LogP contribution in [0.2, 0.25) is 0 Å². The minimum atomic E-state index is -2.46. The highest BCUT2D eigenvalue weighted by Crippen LogP contribution is 2.05. The maximum absolute atomic E-state index is 12.1. The zero-order chi connectivity index (χ0) is 11.8. The van der Waals surface area contributed by atoms with Gasteiger partial charge in [-0.15, -0.1) is 0 Å². The third-order valence-corrected chi connectivity index (χ3v) is 2.02. The molecule has 0 aliphatic carbocycles. The molecule has 0 aromatic carbocycles. The molecule has 0 heterocycles. The number of amides is 1. The Labute approximate surface area is 89.6 Å². The second-order valence-electron chi connectivity index (χ2n) is 3.75. The molecule has 0 spiro atoms. The lowest BCUT2D eigenvalue weighted by Crippen LogP contribution is -2.36. The molecular weight excluding hydrogens is 202 g/mol. The zero-order valence-electron chi connectivity index (χ0n) is 9.38. The molecule has 0 radical (unpaired) electrons. The number of alkyl halides is 2. The Kier molecular flexibility index (Phi) is 7.21. The van der Waals surface area contributed by atoms with E-state index < -0.39 is 13.0 Å². The van der Waals surface area contributed by atoms with Crippen molar-refractivity contribution in [2.45, 2.75) is 45.6 Å². The van der Waals surface area contributed by atoms with E-state index in [0.717, 1.165) is 0 Å². The Morgan fingerprint density at radius 1 is 1.47 bits per heavy atom. The second-order valence-corrected chi connectivity index (χ2v) is 3.75. The van der Waals surface area contributed by atoms with Gasteiger partial charge in [0.15, 0.2) is 0 Å². The van der Waals surface area contributed by atoms with Gasteiger partial charge in [-0.25, -0.2) is 8.78 Å². The summed E-state index contributed by atoms with van der Waals surface area (Å²) in [6, 6.07) is -0.0658. The van der Waals surface area contributed by atoms with Crippen molar-refractivity contribution < 1.29 is 13.6 Å². The highest BCUT2D eigenvalue weighted by molar-refractivity contribution is 5.76. The number of rotatable bonds is 7. The molecule has 2 N–H and O–H groups in total. The van der Waals surface area contributed by atoms with Crippen molar-refractivity contribution >= 4 is 5.91 Å². The third kappa shape index (κ3) is 7.25. The van der Waals surface area contributed by atoms with Crippen molar-refractivity contribution in [3.8, 4) is 0 Å². The van der Waals surface area contributed by atoms with Gasteiger partial charge in [0.1, 0.15) is 0 Å². The number of nitrogens with two attached hydrogens (primary N) is 1. The van der Waals surface area contributed by atoms with Crippen molar-refractivity contribution in [3.05, 3.63) is 0 Å². The standard InChI is InChI=1S/C10H20F2N2O/c1-3-6-14(7-9(11)12)10(15)5-4-8(2)13/h8-9H,3-7,13H2,1-2H3. The smallest absolute Gasteiger partial charge is 0.255 e. The van der Waals surface area contributed by atoms with Crippen LogP contribution in [0, 0.1) is 0 Å². The lowest BCUT2D eigenvalue weighted by Gasteiger charge is -2.22. The van der Waals surface area contributed by atoms with Gasteiger partial charge in [-0.2, -0.15) is 0 Å². The van der Waals surface area contributed by atoms with E-state index >= 15 is 0 Å². The third-order valence-electron chi connectivity index (χ3n) is 2.02. The highest BCUT2D eigenvalue weighted by Gasteiger charge is 2.17. The Bertz CT molecular complexity index is 186. The number of hydrogen-bond acceptors (Lipinski definition) is 2. The molecule has 5 heteroatoms. The van der Waals surface area contributed by atoms with Crippen LogP contribution in [0.25, 0.3) is 0 Å². The quantitative estimate of drug-likeness (QED) is 0.711. The van der Waals surface area contributed by atoms with Gasteiger partial charge < -0.3 is 10.6 Å². The molecule has 0 fully saturated rings. The van der Waals surface area contributed by atoms with Crippen LogP contribution in [0.15, 0.2) is 0 Å². The summed E-state index contributed by atoms with van der Waals surface area (Å²) in [4.78, 5) is 12.7. The molecule has 0 bridgehead atoms. The summed E-state index contributed by atoms with van der Waals surface area (Å²) in [5.74, 6) is -0.227. The second kappa shape index (κ2) is 7.56. The first-order chi connectivity index (χ1) is 6.97. The normalized spacial score (nSPS) is 12.9. The molecule has 1 unspecified atom stereocenters. The van der Waals surface area contributed by atoms with Crippen LogP contribution in [0.4, 0.5) is 8.78 Å². The SMILES string of the molecule is CCCN(CC(F)F)C(=O)CCC(C)N. The van der Waals surface area contributed by atoms with Gasteiger partial charge in [0.2, 0.25) is 5.91 Å². The predicted octanol–water partition coefficient (Wildman–Crippen LogP) is 1.62. The van der Waals surface area contributed by atoms with Crippen molar-refractivity contribution in [2.75, 3.05) is 13.1 Å². The van der Waals surface area contributed by atoms with E-state index in [1.165, 1.54) is 4.90 Å². The fraction of sp³-hybridized carbons (Fsp3) is 0.900. The van der Waals surface area contributed by atoms with Crippen molar-refractivity contribution in [3.63, 3.8) is 0 Å². The van der Waals surface area contributed by atoms with E-state index in [1.807, 2.05) is 6.92 Å². The molecule has 15 heavy (non-hydrogen) atoms. The van der Waals surface area contributed by atoms with E-state index in [1.54, 1.807) is 6.92 Å². The van der Waals surface area contributed by atoms with E-state index in [0.29, 0.717) is 19.4 Å². The maximum atomic E-state index is 12.1. The summed E-state index contributed by atoms with van der Waals surface area (Å²) >= 11 is 0. The molecule has 0 aliphatic rings. The van der Waals surface area contributed by atoms with Crippen LogP contribution in [0.5, 0.6) is 0 Å². The van der Waals surface area contributed by atoms with Gasteiger partial charge in [0, 0.05) is 19.0 Å². The van der Waals surface area contributed by atoms with E-state index in [4.69, 9.17) is 5.73 Å². The van der Waals surface area contributed by atoms with Crippen LogP contribution in [-0.2, 0) is 4.79 Å². The van der Waals surface area contributed by atoms with Gasteiger partial charge >= 0.3 is 0 Å². The first-order valence-corrected chi connectivity index (χ1v) is 5.28. The van der Waals surface area contributed by atoms with Crippen LogP contribution < -0.4 is 5.73 Å². The summed E-state index contributed by atoms with van der Waals surface area (Å²) < 4.78 is 24.3. The number of nitrogens with zero attached hydrogens (tertiary/aromatic N) is 1. The first-order valence-electron chi connectivity index (χ1n) is 5.28. The van der Waals surface area contributed by atoms with Crippen LogP contribution in [0.3, 0.4) is 0 Å². The van der Waals surface area contributed by atoms with Crippen LogP contribution >= 0.6 is 0 Å². The van der Waals surface area contributed by atoms with Gasteiger partial charge in [0.25, 0.3) is 6.43 Å². The highest BCUT2D eigenvalue weighted by atomic mass is 19.3. The Hall–Kier alpha value is -0.710. The molecule has 90 valence electrons. The average Bonchev–Trinajstić information content (AvgIpc) is 2.12. The average molecular weight is 222 g/mol. The summed E-state index contributed by atoms with van der Waals surface area (Å²) in [5.41, 5.74) is 5.50. The number of halogens is 2. The Morgan fingerprint density at radius 2 is 2.07 bits per heavy atom. The monoisotopic (exact) mass is 222 g/mol. The Morgan fingerprint density at radius 3 is 2.47 bits per heavy atom. The van der Waals surface area contributed by atoms with E-state index in [-0.39, 0.29) is 18.4 Å². The zero-order valence-corrected chi connectivity index (χ0v) is 9.38. The molecule has 0 rings (SSSR count). The molecule has 3 nitrogen and oxygen atoms in total. The molecule has 0 aliphatic heterocycles. The molecule has 0 saturated carbocycles. The summed E-state index contributed by atoms with van der Waals surface area (Å²) in [6.07, 6.45) is -0.973.